The Morgan fingerprint density at radius 2 is 1.97 bits per heavy atom. The number of carbonyl (C=O) groups excluding carboxylic acids is 1. The monoisotopic (exact) mass is 436 g/mol. The molecule has 33 heavy (non-hydrogen) atoms. The lowest BCUT2D eigenvalue weighted by Crippen LogP contribution is -2.42. The molecule has 1 aliphatic heterocycles. The summed E-state index contributed by atoms with van der Waals surface area (Å²) in [6, 6.07) is 17.7. The predicted octanol–water partition coefficient (Wildman–Crippen LogP) is 4.41. The van der Waals surface area contributed by atoms with Crippen LogP contribution in [0.5, 0.6) is 0 Å². The van der Waals surface area contributed by atoms with Crippen molar-refractivity contribution in [3.63, 3.8) is 0 Å². The van der Waals surface area contributed by atoms with E-state index in [1.807, 2.05) is 48.5 Å². The number of ketones is 1. The van der Waals surface area contributed by atoms with E-state index in [-0.39, 0.29) is 11.2 Å². The SMILES string of the molecule is CC1(C)CC(=O)C2=C(C1)N(c1cc(-c3ccccc3)[nH]n1)C(N)=C(C#N)C2c1cccnc1. The van der Waals surface area contributed by atoms with Crippen molar-refractivity contribution >= 4 is 11.6 Å². The molecule has 2 aliphatic rings. The fourth-order valence-electron chi connectivity index (χ4n) is 4.84. The lowest BCUT2D eigenvalue weighted by Gasteiger charge is -2.42. The molecule has 3 heterocycles. The molecule has 0 radical (unpaired) electrons. The first kappa shape index (κ1) is 20.7. The van der Waals surface area contributed by atoms with Gasteiger partial charge in [-0.1, -0.05) is 50.2 Å². The zero-order chi connectivity index (χ0) is 23.2. The van der Waals surface area contributed by atoms with Crippen LogP contribution in [0.15, 0.2) is 83.6 Å². The van der Waals surface area contributed by atoms with E-state index in [4.69, 9.17) is 5.73 Å². The molecule has 3 N–H and O–H groups in total. The molecule has 1 aromatic carbocycles. The summed E-state index contributed by atoms with van der Waals surface area (Å²) < 4.78 is 0. The minimum atomic E-state index is -0.536. The summed E-state index contributed by atoms with van der Waals surface area (Å²) >= 11 is 0. The van der Waals surface area contributed by atoms with Gasteiger partial charge in [-0.3, -0.25) is 19.8 Å². The second kappa shape index (κ2) is 7.75. The van der Waals surface area contributed by atoms with Gasteiger partial charge in [0.05, 0.1) is 23.3 Å². The van der Waals surface area contributed by atoms with Crippen LogP contribution in [0.1, 0.15) is 38.2 Å². The van der Waals surface area contributed by atoms with Gasteiger partial charge < -0.3 is 5.73 Å². The highest BCUT2D eigenvalue weighted by Crippen LogP contribution is 2.49. The zero-order valence-corrected chi connectivity index (χ0v) is 18.5. The summed E-state index contributed by atoms with van der Waals surface area (Å²) in [5.74, 6) is 0.341. The van der Waals surface area contributed by atoms with Gasteiger partial charge in [0, 0.05) is 36.2 Å². The van der Waals surface area contributed by atoms with Crippen molar-refractivity contribution in [1.29, 1.82) is 5.26 Å². The fraction of sp³-hybridized carbons (Fsp3) is 0.231. The molecule has 7 nitrogen and oxygen atoms in total. The first-order valence-corrected chi connectivity index (χ1v) is 10.9. The number of anilines is 1. The number of benzene rings is 1. The Labute approximate surface area is 192 Å². The number of pyridine rings is 1. The molecular weight excluding hydrogens is 412 g/mol. The van der Waals surface area contributed by atoms with Crippen LogP contribution in [0, 0.1) is 16.7 Å². The van der Waals surface area contributed by atoms with Gasteiger partial charge >= 0.3 is 0 Å². The third kappa shape index (κ3) is 3.50. The van der Waals surface area contributed by atoms with Gasteiger partial charge in [0.1, 0.15) is 5.82 Å². The molecule has 0 fully saturated rings. The van der Waals surface area contributed by atoms with Crippen LogP contribution in [0.25, 0.3) is 11.3 Å². The molecule has 1 unspecified atom stereocenters. The third-order valence-corrected chi connectivity index (χ3v) is 6.28. The quantitative estimate of drug-likeness (QED) is 0.629. The van der Waals surface area contributed by atoms with Gasteiger partial charge in [-0.05, 0) is 29.0 Å². The van der Waals surface area contributed by atoms with Gasteiger partial charge in [-0.15, -0.1) is 0 Å². The number of carbonyl (C=O) groups is 1. The van der Waals surface area contributed by atoms with E-state index >= 15 is 0 Å². The number of hydrogen-bond donors (Lipinski definition) is 2. The van der Waals surface area contributed by atoms with Crippen LogP contribution in [0.4, 0.5) is 5.82 Å². The number of nitriles is 1. The van der Waals surface area contributed by atoms with Crippen molar-refractivity contribution in [2.75, 3.05) is 4.90 Å². The van der Waals surface area contributed by atoms with Crippen molar-refractivity contribution < 1.29 is 4.79 Å². The number of nitrogens with two attached hydrogens (primary N) is 1. The van der Waals surface area contributed by atoms with Crippen LogP contribution in [0.2, 0.25) is 0 Å². The van der Waals surface area contributed by atoms with Crippen LogP contribution < -0.4 is 10.6 Å². The Hall–Kier alpha value is -4.18. The number of aromatic amines is 1. The Morgan fingerprint density at radius 1 is 1.18 bits per heavy atom. The molecular formula is C26H24N6O. The maximum atomic E-state index is 13.5. The molecule has 0 amide bonds. The summed E-state index contributed by atoms with van der Waals surface area (Å²) in [6.07, 6.45) is 4.42. The molecule has 1 atom stereocenters. The second-order valence-electron chi connectivity index (χ2n) is 9.27. The number of Topliss-reactive ketones (excluding diaryl/α,β-unsaturated/α-hetero) is 1. The van der Waals surface area contributed by atoms with Crippen molar-refractivity contribution in [2.24, 2.45) is 11.1 Å². The summed E-state index contributed by atoms with van der Waals surface area (Å²) in [5, 5.41) is 17.7. The second-order valence-corrected chi connectivity index (χ2v) is 9.27. The van der Waals surface area contributed by atoms with Crippen LogP contribution in [0.3, 0.4) is 0 Å². The van der Waals surface area contributed by atoms with Gasteiger partial charge in [0.25, 0.3) is 0 Å². The summed E-state index contributed by atoms with van der Waals surface area (Å²) in [6.45, 7) is 4.15. The summed E-state index contributed by atoms with van der Waals surface area (Å²) in [5.41, 5.74) is 10.7. The molecule has 2 aromatic heterocycles. The topological polar surface area (TPSA) is 112 Å². The lowest BCUT2D eigenvalue weighted by atomic mass is 9.69. The highest BCUT2D eigenvalue weighted by molar-refractivity contribution is 6.01. The number of nitrogens with one attached hydrogen (secondary N) is 1. The molecule has 7 heteroatoms. The number of rotatable bonds is 3. The Balaban J connectivity index is 1.71. The Morgan fingerprint density at radius 3 is 2.67 bits per heavy atom. The minimum Gasteiger partial charge on any atom is -0.384 e. The van der Waals surface area contributed by atoms with E-state index in [2.05, 4.69) is 35.1 Å². The average molecular weight is 437 g/mol. The third-order valence-electron chi connectivity index (χ3n) is 6.28. The Bertz CT molecular complexity index is 1330. The van der Waals surface area contributed by atoms with E-state index in [1.54, 1.807) is 17.3 Å². The molecule has 0 bridgehead atoms. The summed E-state index contributed by atoms with van der Waals surface area (Å²) in [7, 11) is 0. The zero-order valence-electron chi connectivity index (χ0n) is 18.5. The maximum absolute atomic E-state index is 13.5. The van der Waals surface area contributed by atoms with E-state index in [0.29, 0.717) is 35.6 Å². The first-order chi connectivity index (χ1) is 15.9. The standard InChI is InChI=1S/C26H24N6O/c1-26(2)12-20-24(21(33)13-26)23(17-9-6-10-29-15-17)18(14-27)25(28)32(20)22-11-19(30-31-22)16-7-4-3-5-8-16/h3-11,15,23H,12-13,28H2,1-2H3,(H,30,31). The number of allylic oxidation sites excluding steroid dienone is 3. The maximum Gasteiger partial charge on any atom is 0.162 e. The van der Waals surface area contributed by atoms with E-state index < -0.39 is 5.92 Å². The highest BCUT2D eigenvalue weighted by Gasteiger charge is 2.45. The van der Waals surface area contributed by atoms with Crippen LogP contribution >= 0.6 is 0 Å². The smallest absolute Gasteiger partial charge is 0.162 e. The van der Waals surface area contributed by atoms with Gasteiger partial charge in [-0.2, -0.15) is 10.4 Å². The molecule has 164 valence electrons. The Kier molecular flexibility index (Phi) is 4.86. The molecule has 0 spiro atoms. The molecule has 1 aliphatic carbocycles. The van der Waals surface area contributed by atoms with Crippen molar-refractivity contribution in [3.05, 3.63) is 89.2 Å². The van der Waals surface area contributed by atoms with Crippen LogP contribution in [-0.4, -0.2) is 21.0 Å². The van der Waals surface area contributed by atoms with Gasteiger partial charge in [-0.25, -0.2) is 0 Å². The normalized spacial score (nSPS) is 20.0. The number of H-pyrrole nitrogens is 1. The number of aromatic nitrogens is 3. The van der Waals surface area contributed by atoms with E-state index in [0.717, 1.165) is 22.5 Å². The van der Waals surface area contributed by atoms with E-state index in [9.17, 15) is 10.1 Å². The highest BCUT2D eigenvalue weighted by atomic mass is 16.1. The average Bonchev–Trinajstić information content (AvgIpc) is 3.28. The molecule has 3 aromatic rings. The van der Waals surface area contributed by atoms with Crippen molar-refractivity contribution in [3.8, 4) is 17.3 Å². The van der Waals surface area contributed by atoms with Crippen LogP contribution in [-0.2, 0) is 4.79 Å². The molecule has 0 saturated heterocycles. The lowest BCUT2D eigenvalue weighted by molar-refractivity contribution is -0.118. The number of hydrogen-bond acceptors (Lipinski definition) is 6. The van der Waals surface area contributed by atoms with Crippen molar-refractivity contribution in [1.82, 2.24) is 15.2 Å². The first-order valence-electron chi connectivity index (χ1n) is 10.9. The minimum absolute atomic E-state index is 0.0270. The fourth-order valence-corrected chi connectivity index (χ4v) is 4.84. The predicted molar refractivity (Wildman–Crippen MR) is 125 cm³/mol. The van der Waals surface area contributed by atoms with Gasteiger partial charge in [0.2, 0.25) is 0 Å². The molecule has 0 saturated carbocycles. The number of nitrogens with zero attached hydrogens (tertiary/aromatic N) is 4. The van der Waals surface area contributed by atoms with E-state index in [1.165, 1.54) is 0 Å². The largest absolute Gasteiger partial charge is 0.384 e. The summed E-state index contributed by atoms with van der Waals surface area (Å²) in [4.78, 5) is 19.5. The molecule has 5 rings (SSSR count). The van der Waals surface area contributed by atoms with Crippen molar-refractivity contribution in [2.45, 2.75) is 32.6 Å². The van der Waals surface area contributed by atoms with Gasteiger partial charge in [0.15, 0.2) is 11.6 Å².